The Morgan fingerprint density at radius 3 is 2.16 bits per heavy atom. The Morgan fingerprint density at radius 1 is 0.800 bits per heavy atom. The number of carboxylic acid groups (broad SMARTS) is 2. The molecule has 2 aromatic carbocycles. The molecule has 0 heterocycles. The number of carboxylic acids is 2. The Balaban J connectivity index is 1.57. The van der Waals surface area contributed by atoms with Crippen molar-refractivity contribution in [1.29, 1.82) is 0 Å². The van der Waals surface area contributed by atoms with Gasteiger partial charge in [0, 0.05) is 36.7 Å². The Morgan fingerprint density at radius 2 is 1.49 bits per heavy atom. The number of alkyl halides is 2. The van der Waals surface area contributed by atoms with E-state index < -0.39 is 30.3 Å². The van der Waals surface area contributed by atoms with E-state index in [9.17, 15) is 24.0 Å². The molecule has 2 rings (SSSR count). The molecule has 0 radical (unpaired) electrons. The van der Waals surface area contributed by atoms with Crippen LogP contribution in [0.15, 0.2) is 42.5 Å². The molecule has 1 atom stereocenters. The summed E-state index contributed by atoms with van der Waals surface area (Å²) in [6.07, 6.45) is 1.15. The summed E-state index contributed by atoms with van der Waals surface area (Å²) in [6, 6.07) is 13.6. The number of Topliss-reactive ketones (excluding diaryl/α,β-unsaturated/α-hetero) is 1. The van der Waals surface area contributed by atoms with Crippen molar-refractivity contribution in [3.8, 4) is 11.1 Å². The van der Waals surface area contributed by atoms with Crippen LogP contribution in [0.3, 0.4) is 0 Å². The van der Waals surface area contributed by atoms with Crippen molar-refractivity contribution in [3.63, 3.8) is 0 Å². The highest BCUT2D eigenvalue weighted by Gasteiger charge is 2.22. The minimum atomic E-state index is -1.37. The normalized spacial score (nSPS) is 11.5. The molecular weight excluding hydrogens is 716 g/mol. The zero-order chi connectivity index (χ0) is 33.0. The van der Waals surface area contributed by atoms with E-state index >= 15 is 0 Å². The summed E-state index contributed by atoms with van der Waals surface area (Å²) in [5.74, 6) is -4.04. The summed E-state index contributed by atoms with van der Waals surface area (Å²) < 4.78 is 10.8. The molecule has 0 aliphatic rings. The number of halogens is 2. The number of nitrogens with one attached hydrogen (secondary N) is 2. The van der Waals surface area contributed by atoms with E-state index in [4.69, 9.17) is 19.7 Å². The highest BCUT2D eigenvalue weighted by Crippen LogP contribution is 2.27. The fourth-order valence-corrected chi connectivity index (χ4v) is 5.10. The molecule has 0 bridgehead atoms. The molecule has 2 amide bonds. The fraction of sp³-hybridized carbons (Fsp3) is 0.469. The van der Waals surface area contributed by atoms with E-state index in [2.05, 4.69) is 85.0 Å². The smallest absolute Gasteiger partial charge is 0.326 e. The van der Waals surface area contributed by atoms with Crippen molar-refractivity contribution in [2.45, 2.75) is 61.6 Å². The molecule has 0 fully saturated rings. The van der Waals surface area contributed by atoms with E-state index in [0.29, 0.717) is 13.0 Å². The van der Waals surface area contributed by atoms with Crippen LogP contribution in [0.5, 0.6) is 0 Å². The van der Waals surface area contributed by atoms with Gasteiger partial charge in [-0.05, 0) is 53.5 Å². The van der Waals surface area contributed by atoms with Gasteiger partial charge in [0.05, 0.1) is 13.2 Å². The molecule has 0 saturated carbocycles. The monoisotopic (exact) mass is 754 g/mol. The largest absolute Gasteiger partial charge is 0.481 e. The first-order valence-corrected chi connectivity index (χ1v) is 16.9. The van der Waals surface area contributed by atoms with Crippen LogP contribution in [0.2, 0.25) is 0 Å². The fourth-order valence-electron chi connectivity index (χ4n) is 4.38. The van der Waals surface area contributed by atoms with Crippen LogP contribution in [0.25, 0.3) is 11.1 Å². The van der Waals surface area contributed by atoms with Crippen LogP contribution in [-0.2, 0) is 50.5 Å². The topological polar surface area (TPSA) is 168 Å². The van der Waals surface area contributed by atoms with Crippen molar-refractivity contribution in [3.05, 3.63) is 59.2 Å². The number of aliphatic carboxylic acids is 2. The lowest BCUT2D eigenvalue weighted by Gasteiger charge is -2.13. The first-order valence-electron chi connectivity index (χ1n) is 14.6. The Bertz CT molecular complexity index is 1270. The van der Waals surface area contributed by atoms with Gasteiger partial charge in [-0.2, -0.15) is 0 Å². The molecule has 0 aliphatic carbocycles. The zero-order valence-corrected chi connectivity index (χ0v) is 28.2. The maximum absolute atomic E-state index is 12.2. The van der Waals surface area contributed by atoms with Gasteiger partial charge in [0.15, 0.2) is 0 Å². The number of benzene rings is 2. The van der Waals surface area contributed by atoms with E-state index in [1.807, 2.05) is 0 Å². The summed E-state index contributed by atoms with van der Waals surface area (Å²) in [6.45, 7) is 1.20. The van der Waals surface area contributed by atoms with Gasteiger partial charge in [0.25, 0.3) is 0 Å². The van der Waals surface area contributed by atoms with Crippen LogP contribution in [-0.4, -0.2) is 78.8 Å². The van der Waals surface area contributed by atoms with E-state index in [-0.39, 0.29) is 57.4 Å². The van der Waals surface area contributed by atoms with E-state index in [0.717, 1.165) is 29.1 Å². The summed E-state index contributed by atoms with van der Waals surface area (Å²) >= 11 is 7.02. The molecule has 45 heavy (non-hydrogen) atoms. The molecule has 4 N–H and O–H groups in total. The third-order valence-electron chi connectivity index (χ3n) is 6.69. The van der Waals surface area contributed by atoms with Gasteiger partial charge < -0.3 is 30.3 Å². The maximum atomic E-state index is 12.2. The highest BCUT2D eigenvalue weighted by molar-refractivity contribution is 9.08. The lowest BCUT2D eigenvalue weighted by Crippen LogP contribution is -2.41. The maximum Gasteiger partial charge on any atom is 0.326 e. The molecule has 0 saturated heterocycles. The molecule has 0 aromatic heterocycles. The average molecular weight is 756 g/mol. The zero-order valence-electron chi connectivity index (χ0n) is 25.0. The quantitative estimate of drug-likeness (QED) is 0.0730. The highest BCUT2D eigenvalue weighted by atomic mass is 79.9. The third-order valence-corrected chi connectivity index (χ3v) is 7.99. The average Bonchev–Trinajstić information content (AvgIpc) is 3.02. The van der Waals surface area contributed by atoms with Crippen molar-refractivity contribution in [2.24, 2.45) is 0 Å². The third kappa shape index (κ3) is 15.6. The van der Waals surface area contributed by atoms with Gasteiger partial charge in [-0.15, -0.1) is 0 Å². The van der Waals surface area contributed by atoms with Gasteiger partial charge in [0.1, 0.15) is 24.9 Å². The minimum Gasteiger partial charge on any atom is -0.481 e. The van der Waals surface area contributed by atoms with Crippen LogP contribution in [0.4, 0.5) is 0 Å². The SMILES string of the molecule is O=C(O)CC(=O)NC(CCC(=O)CCCOCCOCC(=O)NCCCc1cc(CBr)ccc1-c1ccc(CBr)cc1)C(=O)O. The Labute approximate surface area is 279 Å². The number of ketones is 1. The predicted octanol–water partition coefficient (Wildman–Crippen LogP) is 4.40. The van der Waals surface area contributed by atoms with Gasteiger partial charge in [-0.25, -0.2) is 4.79 Å². The number of hydrogen-bond donors (Lipinski definition) is 4. The number of carbonyl (C=O) groups is 5. The van der Waals surface area contributed by atoms with Gasteiger partial charge >= 0.3 is 11.9 Å². The van der Waals surface area contributed by atoms with Crippen molar-refractivity contribution in [2.75, 3.05) is 33.0 Å². The second-order valence-corrected chi connectivity index (χ2v) is 11.4. The van der Waals surface area contributed by atoms with Crippen molar-refractivity contribution in [1.82, 2.24) is 10.6 Å². The molecule has 2 aromatic rings. The first-order chi connectivity index (χ1) is 21.6. The molecule has 13 heteroatoms. The van der Waals surface area contributed by atoms with Crippen LogP contribution in [0.1, 0.15) is 55.2 Å². The van der Waals surface area contributed by atoms with Gasteiger partial charge in [-0.1, -0.05) is 74.3 Å². The van der Waals surface area contributed by atoms with Gasteiger partial charge in [0.2, 0.25) is 11.8 Å². The van der Waals surface area contributed by atoms with Crippen LogP contribution >= 0.6 is 31.9 Å². The van der Waals surface area contributed by atoms with E-state index in [1.165, 1.54) is 22.3 Å². The molecule has 0 spiro atoms. The van der Waals surface area contributed by atoms with Crippen molar-refractivity contribution >= 4 is 61.4 Å². The standard InChI is InChI=1S/C32H40Br2N2O9/c33-19-22-5-8-24(9-6-22)27-11-7-23(20-34)17-25(27)3-1-13-35-30(39)21-45-16-15-44-14-2-4-26(37)10-12-28(32(42)43)36-29(38)18-31(40)41/h5-9,11,17,28H,1-4,10,12-16,18-21H2,(H,35,39)(H,36,38)(H,40,41)(H,42,43). The molecule has 246 valence electrons. The number of rotatable bonds is 23. The first kappa shape index (κ1) is 38.1. The number of ether oxygens (including phenoxy) is 2. The van der Waals surface area contributed by atoms with Gasteiger partial charge in [-0.3, -0.25) is 19.2 Å². The summed E-state index contributed by atoms with van der Waals surface area (Å²) in [4.78, 5) is 57.5. The molecule has 1 unspecified atom stereocenters. The summed E-state index contributed by atoms with van der Waals surface area (Å²) in [5, 5.41) is 24.3. The molecule has 11 nitrogen and oxygen atoms in total. The number of aryl methyl sites for hydroxylation is 1. The minimum absolute atomic E-state index is 0.0711. The van der Waals surface area contributed by atoms with Crippen LogP contribution < -0.4 is 10.6 Å². The molecular formula is C32H40Br2N2O9. The summed E-state index contributed by atoms with van der Waals surface area (Å²) in [5.41, 5.74) is 5.99. The lowest BCUT2D eigenvalue weighted by atomic mass is 9.94. The van der Waals surface area contributed by atoms with Crippen LogP contribution in [0, 0.1) is 0 Å². The number of hydrogen-bond acceptors (Lipinski definition) is 7. The molecule has 0 aliphatic heterocycles. The predicted molar refractivity (Wildman–Crippen MR) is 175 cm³/mol. The second-order valence-electron chi connectivity index (χ2n) is 10.3. The van der Waals surface area contributed by atoms with E-state index in [1.54, 1.807) is 0 Å². The second kappa shape index (κ2) is 21.6. The Hall–Kier alpha value is -3.13. The summed E-state index contributed by atoms with van der Waals surface area (Å²) in [7, 11) is 0. The Kier molecular flexibility index (Phi) is 18.2. The number of carbonyl (C=O) groups excluding carboxylic acids is 3. The number of amides is 2. The lowest BCUT2D eigenvalue weighted by molar-refractivity contribution is -0.145. The van der Waals surface area contributed by atoms with Crippen molar-refractivity contribution < 1.29 is 43.7 Å².